The first-order valence-corrected chi connectivity index (χ1v) is 7.35. The standard InChI is InChI=1S/C13H16BrN3O2/c14-11-4-3-10-13(15-11)17(12(18)9-19-10)8-7-16-5-1-2-6-16/h3-4H,1-2,5-9H2. The van der Waals surface area contributed by atoms with Gasteiger partial charge < -0.3 is 9.64 Å². The summed E-state index contributed by atoms with van der Waals surface area (Å²) in [4.78, 5) is 20.5. The van der Waals surface area contributed by atoms with E-state index >= 15 is 0 Å². The average molecular weight is 326 g/mol. The largest absolute Gasteiger partial charge is 0.480 e. The number of carbonyl (C=O) groups is 1. The molecular formula is C13H16BrN3O2. The van der Waals surface area contributed by atoms with E-state index in [1.807, 2.05) is 12.1 Å². The summed E-state index contributed by atoms with van der Waals surface area (Å²) in [6.45, 7) is 3.96. The summed E-state index contributed by atoms with van der Waals surface area (Å²) in [5.41, 5.74) is 0. The number of likely N-dealkylation sites (tertiary alicyclic amines) is 1. The van der Waals surface area contributed by atoms with Gasteiger partial charge in [0.2, 0.25) is 0 Å². The normalized spacial score (nSPS) is 19.4. The fourth-order valence-corrected chi connectivity index (χ4v) is 2.83. The van der Waals surface area contributed by atoms with Crippen molar-refractivity contribution < 1.29 is 9.53 Å². The van der Waals surface area contributed by atoms with Gasteiger partial charge in [0.1, 0.15) is 4.60 Å². The van der Waals surface area contributed by atoms with Gasteiger partial charge in [0.25, 0.3) is 5.91 Å². The summed E-state index contributed by atoms with van der Waals surface area (Å²) in [5.74, 6) is 1.30. The van der Waals surface area contributed by atoms with Crippen LogP contribution in [0.25, 0.3) is 0 Å². The van der Waals surface area contributed by atoms with Crippen LogP contribution in [0.3, 0.4) is 0 Å². The van der Waals surface area contributed by atoms with Crippen molar-refractivity contribution >= 4 is 27.7 Å². The molecule has 1 aromatic rings. The molecular weight excluding hydrogens is 310 g/mol. The predicted molar refractivity (Wildman–Crippen MR) is 75.5 cm³/mol. The SMILES string of the molecule is O=C1COc2ccc(Br)nc2N1CCN1CCCC1. The highest BCUT2D eigenvalue weighted by Crippen LogP contribution is 2.31. The minimum atomic E-state index is -0.0164. The number of aromatic nitrogens is 1. The molecule has 5 nitrogen and oxygen atoms in total. The molecule has 1 saturated heterocycles. The second kappa shape index (κ2) is 5.46. The number of hydrogen-bond acceptors (Lipinski definition) is 4. The summed E-state index contributed by atoms with van der Waals surface area (Å²) in [6.07, 6.45) is 2.52. The molecule has 19 heavy (non-hydrogen) atoms. The molecule has 0 N–H and O–H groups in total. The summed E-state index contributed by atoms with van der Waals surface area (Å²) >= 11 is 3.34. The molecule has 2 aliphatic heterocycles. The average Bonchev–Trinajstić information content (AvgIpc) is 2.91. The molecule has 0 aliphatic carbocycles. The van der Waals surface area contributed by atoms with Crippen molar-refractivity contribution in [3.05, 3.63) is 16.7 Å². The van der Waals surface area contributed by atoms with E-state index < -0.39 is 0 Å². The van der Waals surface area contributed by atoms with Gasteiger partial charge in [0.15, 0.2) is 18.2 Å². The predicted octanol–water partition coefficient (Wildman–Crippen LogP) is 1.67. The van der Waals surface area contributed by atoms with Crippen LogP contribution in [0.15, 0.2) is 16.7 Å². The lowest BCUT2D eigenvalue weighted by molar-refractivity contribution is -0.121. The van der Waals surface area contributed by atoms with Gasteiger partial charge in [0.05, 0.1) is 0 Å². The van der Waals surface area contributed by atoms with Gasteiger partial charge in [-0.2, -0.15) is 0 Å². The number of nitrogens with zero attached hydrogens (tertiary/aromatic N) is 3. The van der Waals surface area contributed by atoms with Crippen LogP contribution in [0.1, 0.15) is 12.8 Å². The molecule has 3 heterocycles. The van der Waals surface area contributed by atoms with Crippen molar-refractivity contribution in [2.24, 2.45) is 0 Å². The van der Waals surface area contributed by atoms with Crippen molar-refractivity contribution in [2.75, 3.05) is 37.7 Å². The van der Waals surface area contributed by atoms with E-state index in [0.29, 0.717) is 18.1 Å². The highest BCUT2D eigenvalue weighted by atomic mass is 79.9. The fourth-order valence-electron chi connectivity index (χ4n) is 2.53. The molecule has 1 fully saturated rings. The van der Waals surface area contributed by atoms with Gasteiger partial charge >= 0.3 is 0 Å². The maximum atomic E-state index is 12.0. The number of ether oxygens (including phenoxy) is 1. The Morgan fingerprint density at radius 3 is 2.84 bits per heavy atom. The number of halogens is 1. The van der Waals surface area contributed by atoms with Crippen LogP contribution in [-0.4, -0.2) is 48.6 Å². The molecule has 0 atom stereocenters. The molecule has 1 aromatic heterocycles. The number of carbonyl (C=O) groups excluding carboxylic acids is 1. The van der Waals surface area contributed by atoms with Crippen LogP contribution in [-0.2, 0) is 4.79 Å². The van der Waals surface area contributed by atoms with Crippen molar-refractivity contribution in [2.45, 2.75) is 12.8 Å². The first-order valence-electron chi connectivity index (χ1n) is 6.56. The summed E-state index contributed by atoms with van der Waals surface area (Å²) in [5, 5.41) is 0. The Balaban J connectivity index is 1.76. The monoisotopic (exact) mass is 325 g/mol. The van der Waals surface area contributed by atoms with Gasteiger partial charge in [0, 0.05) is 13.1 Å². The molecule has 2 aliphatic rings. The number of pyridine rings is 1. The molecule has 3 rings (SSSR count). The summed E-state index contributed by atoms with van der Waals surface area (Å²) in [6, 6.07) is 3.68. The van der Waals surface area contributed by atoms with E-state index in [9.17, 15) is 4.79 Å². The van der Waals surface area contributed by atoms with E-state index in [4.69, 9.17) is 4.74 Å². The maximum Gasteiger partial charge on any atom is 0.266 e. The molecule has 102 valence electrons. The smallest absolute Gasteiger partial charge is 0.266 e. The number of hydrogen-bond donors (Lipinski definition) is 0. The molecule has 0 unspecified atom stereocenters. The zero-order valence-corrected chi connectivity index (χ0v) is 12.2. The molecule has 6 heteroatoms. The summed E-state index contributed by atoms with van der Waals surface area (Å²) < 4.78 is 6.12. The van der Waals surface area contributed by atoms with Gasteiger partial charge in [-0.15, -0.1) is 0 Å². The Hall–Kier alpha value is -1.14. The van der Waals surface area contributed by atoms with E-state index in [1.165, 1.54) is 12.8 Å². The number of fused-ring (bicyclic) bond motifs is 1. The fraction of sp³-hybridized carbons (Fsp3) is 0.538. The third-order valence-corrected chi connectivity index (χ3v) is 3.99. The molecule has 1 amide bonds. The topological polar surface area (TPSA) is 45.7 Å². The van der Waals surface area contributed by atoms with E-state index in [0.717, 1.165) is 24.2 Å². The molecule has 0 radical (unpaired) electrons. The van der Waals surface area contributed by atoms with Gasteiger partial charge in [-0.05, 0) is 54.0 Å². The van der Waals surface area contributed by atoms with E-state index in [2.05, 4.69) is 25.8 Å². The Labute approximate surface area is 120 Å². The van der Waals surface area contributed by atoms with E-state index in [1.54, 1.807) is 4.90 Å². The van der Waals surface area contributed by atoms with Crippen LogP contribution in [0.5, 0.6) is 5.75 Å². The maximum absolute atomic E-state index is 12.0. The Bertz CT molecular complexity index is 489. The Morgan fingerprint density at radius 2 is 2.05 bits per heavy atom. The number of rotatable bonds is 3. The van der Waals surface area contributed by atoms with Crippen LogP contribution < -0.4 is 9.64 Å². The van der Waals surface area contributed by atoms with Crippen molar-refractivity contribution in [1.29, 1.82) is 0 Å². The van der Waals surface area contributed by atoms with Crippen LogP contribution >= 0.6 is 15.9 Å². The number of anilines is 1. The molecule has 0 saturated carbocycles. The lowest BCUT2D eigenvalue weighted by Gasteiger charge is -2.29. The highest BCUT2D eigenvalue weighted by molar-refractivity contribution is 9.10. The Kier molecular flexibility index (Phi) is 3.70. The second-order valence-electron chi connectivity index (χ2n) is 4.84. The van der Waals surface area contributed by atoms with Gasteiger partial charge in [-0.1, -0.05) is 0 Å². The quantitative estimate of drug-likeness (QED) is 0.793. The van der Waals surface area contributed by atoms with Gasteiger partial charge in [-0.3, -0.25) is 9.69 Å². The summed E-state index contributed by atoms with van der Waals surface area (Å²) in [7, 11) is 0. The van der Waals surface area contributed by atoms with Crippen molar-refractivity contribution in [3.8, 4) is 5.75 Å². The first-order chi connectivity index (χ1) is 9.24. The Morgan fingerprint density at radius 1 is 1.26 bits per heavy atom. The highest BCUT2D eigenvalue weighted by Gasteiger charge is 2.27. The lowest BCUT2D eigenvalue weighted by Crippen LogP contribution is -2.43. The van der Waals surface area contributed by atoms with Crippen molar-refractivity contribution in [1.82, 2.24) is 9.88 Å². The van der Waals surface area contributed by atoms with E-state index in [-0.39, 0.29) is 12.5 Å². The van der Waals surface area contributed by atoms with Crippen LogP contribution in [0.4, 0.5) is 5.82 Å². The molecule has 0 spiro atoms. The zero-order valence-electron chi connectivity index (χ0n) is 10.6. The van der Waals surface area contributed by atoms with Crippen LogP contribution in [0.2, 0.25) is 0 Å². The third kappa shape index (κ3) is 2.74. The zero-order chi connectivity index (χ0) is 13.2. The van der Waals surface area contributed by atoms with Crippen molar-refractivity contribution in [3.63, 3.8) is 0 Å². The minimum Gasteiger partial charge on any atom is -0.480 e. The molecule has 0 bridgehead atoms. The lowest BCUT2D eigenvalue weighted by atomic mass is 10.3. The van der Waals surface area contributed by atoms with Gasteiger partial charge in [-0.25, -0.2) is 4.98 Å². The number of amides is 1. The molecule has 0 aromatic carbocycles. The minimum absolute atomic E-state index is 0.0164. The van der Waals surface area contributed by atoms with Crippen LogP contribution in [0, 0.1) is 0 Å². The first kappa shape index (κ1) is 12.9. The third-order valence-electron chi connectivity index (χ3n) is 3.55. The second-order valence-corrected chi connectivity index (χ2v) is 5.65.